The lowest BCUT2D eigenvalue weighted by Crippen LogP contribution is -2.30. The van der Waals surface area contributed by atoms with E-state index in [4.69, 9.17) is 9.26 Å². The molecule has 0 unspecified atom stereocenters. The van der Waals surface area contributed by atoms with E-state index in [1.54, 1.807) is 6.07 Å². The maximum Gasteiger partial charge on any atom is 0.273 e. The molecule has 7 heteroatoms. The maximum absolute atomic E-state index is 12.1. The van der Waals surface area contributed by atoms with E-state index in [2.05, 4.69) is 10.5 Å². The van der Waals surface area contributed by atoms with Gasteiger partial charge in [-0.1, -0.05) is 11.2 Å². The molecule has 2 aromatic rings. The van der Waals surface area contributed by atoms with Crippen molar-refractivity contribution >= 4 is 11.8 Å². The van der Waals surface area contributed by atoms with Crippen molar-refractivity contribution < 1.29 is 18.8 Å². The van der Waals surface area contributed by atoms with E-state index in [-0.39, 0.29) is 24.1 Å². The average Bonchev–Trinajstić information content (AvgIpc) is 3.29. The first-order valence-electron chi connectivity index (χ1n) is 9.24. The number of hydrogen-bond donors (Lipinski definition) is 1. The number of ether oxygens (including phenoxy) is 1. The van der Waals surface area contributed by atoms with Crippen LogP contribution < -0.4 is 10.1 Å². The Balaban J connectivity index is 1.41. The van der Waals surface area contributed by atoms with Gasteiger partial charge in [-0.05, 0) is 49.9 Å². The molecule has 0 radical (unpaired) electrons. The third-order valence-corrected chi connectivity index (χ3v) is 4.71. The molecule has 0 saturated carbocycles. The van der Waals surface area contributed by atoms with Gasteiger partial charge in [0.25, 0.3) is 5.91 Å². The van der Waals surface area contributed by atoms with Crippen molar-refractivity contribution in [1.29, 1.82) is 0 Å². The summed E-state index contributed by atoms with van der Waals surface area (Å²) in [6.45, 7) is 6.26. The van der Waals surface area contributed by atoms with Gasteiger partial charge in [-0.2, -0.15) is 0 Å². The first kappa shape index (κ1) is 18.9. The van der Waals surface area contributed by atoms with Crippen LogP contribution in [0.25, 0.3) is 0 Å². The molecule has 3 rings (SSSR count). The number of carbonyl (C=O) groups is 2. The van der Waals surface area contributed by atoms with Gasteiger partial charge in [0, 0.05) is 32.1 Å². The molecule has 1 aromatic carbocycles. The van der Waals surface area contributed by atoms with Gasteiger partial charge in [0.15, 0.2) is 11.5 Å². The van der Waals surface area contributed by atoms with E-state index in [1.165, 1.54) is 5.56 Å². The zero-order valence-corrected chi connectivity index (χ0v) is 15.8. The zero-order valence-electron chi connectivity index (χ0n) is 15.8. The molecule has 1 N–H and O–H groups in total. The van der Waals surface area contributed by atoms with E-state index in [0.717, 1.165) is 30.7 Å². The molecule has 2 amide bonds. The third-order valence-electron chi connectivity index (χ3n) is 4.71. The summed E-state index contributed by atoms with van der Waals surface area (Å²) in [6, 6.07) is 7.45. The molecule has 0 spiro atoms. The average molecular weight is 371 g/mol. The molecule has 0 aliphatic carbocycles. The minimum absolute atomic E-state index is 0.200. The van der Waals surface area contributed by atoms with Crippen molar-refractivity contribution in [2.75, 3.05) is 19.6 Å². The van der Waals surface area contributed by atoms with Gasteiger partial charge in [0.1, 0.15) is 12.4 Å². The molecule has 1 aliphatic heterocycles. The highest BCUT2D eigenvalue weighted by molar-refractivity contribution is 5.92. The normalized spacial score (nSPS) is 13.9. The fraction of sp³-hybridized carbons (Fsp3) is 0.450. The van der Waals surface area contributed by atoms with Crippen LogP contribution in [0.15, 0.2) is 28.8 Å². The second-order valence-corrected chi connectivity index (χ2v) is 6.81. The van der Waals surface area contributed by atoms with Crippen molar-refractivity contribution in [2.45, 2.75) is 39.7 Å². The molecule has 1 aromatic heterocycles. The van der Waals surface area contributed by atoms with E-state index in [0.29, 0.717) is 25.3 Å². The number of rotatable bonds is 8. The van der Waals surface area contributed by atoms with Crippen molar-refractivity contribution in [3.05, 3.63) is 46.8 Å². The first-order valence-corrected chi connectivity index (χ1v) is 9.24. The molecule has 144 valence electrons. The van der Waals surface area contributed by atoms with Crippen LogP contribution >= 0.6 is 0 Å². The van der Waals surface area contributed by atoms with E-state index in [9.17, 15) is 9.59 Å². The molecule has 0 bridgehead atoms. The van der Waals surface area contributed by atoms with Crippen molar-refractivity contribution in [3.8, 4) is 5.75 Å². The largest absolute Gasteiger partial charge is 0.486 e. The van der Waals surface area contributed by atoms with Gasteiger partial charge in [-0.25, -0.2) is 0 Å². The Bertz CT molecular complexity index is 815. The standard InChI is InChI=1S/C20H25N3O4/c1-14-6-7-16(11-15(14)2)26-13-17-12-18(22-27-17)20(25)21-8-4-10-23-9-3-5-19(23)24/h6-7,11-12H,3-5,8-10,13H2,1-2H3,(H,21,25). The number of hydrogen-bond acceptors (Lipinski definition) is 5. The summed E-state index contributed by atoms with van der Waals surface area (Å²) < 4.78 is 10.9. The summed E-state index contributed by atoms with van der Waals surface area (Å²) in [5, 5.41) is 6.60. The Morgan fingerprint density at radius 2 is 2.15 bits per heavy atom. The van der Waals surface area contributed by atoms with Gasteiger partial charge in [-0.15, -0.1) is 0 Å². The number of aromatic nitrogens is 1. The number of amides is 2. The number of benzene rings is 1. The molecular weight excluding hydrogens is 346 g/mol. The number of nitrogens with one attached hydrogen (secondary N) is 1. The predicted octanol–water partition coefficient (Wildman–Crippen LogP) is 2.61. The molecule has 1 saturated heterocycles. The van der Waals surface area contributed by atoms with Crippen LogP contribution in [0.2, 0.25) is 0 Å². The van der Waals surface area contributed by atoms with Crippen molar-refractivity contribution in [1.82, 2.24) is 15.4 Å². The summed E-state index contributed by atoms with van der Waals surface area (Å²) in [6.07, 6.45) is 2.29. The van der Waals surface area contributed by atoms with Crippen molar-refractivity contribution in [3.63, 3.8) is 0 Å². The van der Waals surface area contributed by atoms with Crippen LogP contribution in [0.1, 0.15) is 46.6 Å². The Hall–Kier alpha value is -2.83. The predicted molar refractivity (Wildman–Crippen MR) is 99.5 cm³/mol. The Morgan fingerprint density at radius 3 is 2.89 bits per heavy atom. The van der Waals surface area contributed by atoms with E-state index >= 15 is 0 Å². The van der Waals surface area contributed by atoms with Crippen LogP contribution in [0.4, 0.5) is 0 Å². The van der Waals surface area contributed by atoms with Gasteiger partial charge in [0.2, 0.25) is 5.91 Å². The fourth-order valence-electron chi connectivity index (χ4n) is 2.95. The highest BCUT2D eigenvalue weighted by Gasteiger charge is 2.19. The highest BCUT2D eigenvalue weighted by Crippen LogP contribution is 2.18. The van der Waals surface area contributed by atoms with Gasteiger partial charge < -0.3 is 19.5 Å². The first-order chi connectivity index (χ1) is 13.0. The highest BCUT2D eigenvalue weighted by atomic mass is 16.5. The molecule has 7 nitrogen and oxygen atoms in total. The van der Waals surface area contributed by atoms with Crippen LogP contribution in [-0.2, 0) is 11.4 Å². The SMILES string of the molecule is Cc1ccc(OCc2cc(C(=O)NCCCN3CCCC3=O)no2)cc1C. The monoisotopic (exact) mass is 371 g/mol. The lowest BCUT2D eigenvalue weighted by Gasteiger charge is -2.14. The number of nitrogens with zero attached hydrogens (tertiary/aromatic N) is 2. The Labute approximate surface area is 158 Å². The van der Waals surface area contributed by atoms with Gasteiger partial charge >= 0.3 is 0 Å². The zero-order chi connectivity index (χ0) is 19.2. The summed E-state index contributed by atoms with van der Waals surface area (Å²) in [7, 11) is 0. The molecule has 1 fully saturated rings. The van der Waals surface area contributed by atoms with Crippen LogP contribution in [-0.4, -0.2) is 41.5 Å². The Kier molecular flexibility index (Phi) is 6.11. The summed E-state index contributed by atoms with van der Waals surface area (Å²) in [5.41, 5.74) is 2.58. The molecule has 27 heavy (non-hydrogen) atoms. The maximum atomic E-state index is 12.1. The van der Waals surface area contributed by atoms with Gasteiger partial charge in [0.05, 0.1) is 0 Å². The topological polar surface area (TPSA) is 84.7 Å². The molecule has 0 atom stereocenters. The lowest BCUT2D eigenvalue weighted by atomic mass is 10.1. The minimum atomic E-state index is -0.288. The smallest absolute Gasteiger partial charge is 0.273 e. The Morgan fingerprint density at radius 1 is 1.30 bits per heavy atom. The number of aryl methyl sites for hydroxylation is 2. The van der Waals surface area contributed by atoms with Crippen LogP contribution in [0, 0.1) is 13.8 Å². The second kappa shape index (κ2) is 8.70. The summed E-state index contributed by atoms with van der Waals surface area (Å²) >= 11 is 0. The molecular formula is C20H25N3O4. The summed E-state index contributed by atoms with van der Waals surface area (Å²) in [5.74, 6) is 1.15. The minimum Gasteiger partial charge on any atom is -0.486 e. The quantitative estimate of drug-likeness (QED) is 0.721. The molecule has 1 aliphatic rings. The van der Waals surface area contributed by atoms with Crippen molar-refractivity contribution in [2.24, 2.45) is 0 Å². The van der Waals surface area contributed by atoms with E-state index < -0.39 is 0 Å². The van der Waals surface area contributed by atoms with Crippen LogP contribution in [0.3, 0.4) is 0 Å². The molecule has 2 heterocycles. The number of likely N-dealkylation sites (tertiary alicyclic amines) is 1. The second-order valence-electron chi connectivity index (χ2n) is 6.81. The lowest BCUT2D eigenvalue weighted by molar-refractivity contribution is -0.127. The third kappa shape index (κ3) is 5.09. The van der Waals surface area contributed by atoms with E-state index in [1.807, 2.05) is 36.9 Å². The summed E-state index contributed by atoms with van der Waals surface area (Å²) in [4.78, 5) is 25.5. The van der Waals surface area contributed by atoms with Crippen LogP contribution in [0.5, 0.6) is 5.75 Å². The van der Waals surface area contributed by atoms with Gasteiger partial charge in [-0.3, -0.25) is 9.59 Å². The number of carbonyl (C=O) groups excluding carboxylic acids is 2. The fourth-order valence-corrected chi connectivity index (χ4v) is 2.95.